The molecule has 1 rings (SSSR count). The molecule has 0 amide bonds. The molecule has 1 aromatic heterocycles. The van der Waals surface area contributed by atoms with E-state index in [1.165, 1.54) is 7.05 Å². The summed E-state index contributed by atoms with van der Waals surface area (Å²) in [6.45, 7) is 1.77. The molecule has 5 heteroatoms. The molecule has 0 aromatic carbocycles. The van der Waals surface area contributed by atoms with E-state index in [0.717, 1.165) is 10.7 Å². The lowest BCUT2D eigenvalue weighted by Crippen LogP contribution is -2.11. The molecular weight excluding hydrogens is 169 g/mol. The molecule has 1 aromatic rings. The lowest BCUT2D eigenvalue weighted by atomic mass is 10.3. The Balaban J connectivity index is 3.08. The van der Waals surface area contributed by atoms with Crippen molar-refractivity contribution in [2.45, 2.75) is 19.5 Å². The molecule has 12 heavy (non-hydrogen) atoms. The Bertz CT molecular complexity index is 275. The van der Waals surface area contributed by atoms with Gasteiger partial charge in [0.05, 0.1) is 5.69 Å². The summed E-state index contributed by atoms with van der Waals surface area (Å²) in [5, 5.41) is 3.69. The van der Waals surface area contributed by atoms with E-state index in [2.05, 4.69) is 5.10 Å². The highest BCUT2D eigenvalue weighted by atomic mass is 19.4. The maximum absolute atomic E-state index is 12.1. The Morgan fingerprint density at radius 2 is 2.08 bits per heavy atom. The summed E-state index contributed by atoms with van der Waals surface area (Å²) in [4.78, 5) is 0. The second-order valence-electron chi connectivity index (χ2n) is 2.50. The molecule has 68 valence electrons. The van der Waals surface area contributed by atoms with Gasteiger partial charge in [0.1, 0.15) is 5.69 Å². The third-order valence-corrected chi connectivity index (χ3v) is 1.58. The Hall–Kier alpha value is -1.00. The number of aryl methyl sites for hydroxylation is 2. The van der Waals surface area contributed by atoms with Crippen molar-refractivity contribution in [3.8, 4) is 0 Å². The lowest BCUT2D eigenvalue weighted by molar-refractivity contribution is -0.143. The van der Waals surface area contributed by atoms with Gasteiger partial charge in [0, 0.05) is 7.05 Å². The minimum Gasteiger partial charge on any atom is -0.263 e. The van der Waals surface area contributed by atoms with E-state index in [0.29, 0.717) is 12.1 Å². The zero-order chi connectivity index (χ0) is 9.35. The van der Waals surface area contributed by atoms with Crippen molar-refractivity contribution in [2.24, 2.45) is 7.05 Å². The monoisotopic (exact) mass is 178 g/mol. The normalized spacial score (nSPS) is 12.1. The quantitative estimate of drug-likeness (QED) is 0.643. The minimum absolute atomic E-state index is 0.463. The van der Waals surface area contributed by atoms with Crippen molar-refractivity contribution < 1.29 is 13.2 Å². The summed E-state index contributed by atoms with van der Waals surface area (Å²) in [7, 11) is 1.29. The molecule has 0 bridgehead atoms. The van der Waals surface area contributed by atoms with E-state index >= 15 is 0 Å². The average Bonchev–Trinajstić information content (AvgIpc) is 2.29. The van der Waals surface area contributed by atoms with E-state index in [-0.39, 0.29) is 0 Å². The number of hydrogen-bond donors (Lipinski definition) is 0. The molecule has 0 aliphatic heterocycles. The van der Waals surface area contributed by atoms with Gasteiger partial charge in [-0.25, -0.2) is 0 Å². The van der Waals surface area contributed by atoms with Crippen molar-refractivity contribution in [3.05, 3.63) is 17.5 Å². The van der Waals surface area contributed by atoms with Gasteiger partial charge in [0.15, 0.2) is 0 Å². The number of alkyl halides is 3. The molecule has 0 aliphatic rings. The topological polar surface area (TPSA) is 17.8 Å². The van der Waals surface area contributed by atoms with E-state index in [1.54, 1.807) is 6.92 Å². The maximum Gasteiger partial charge on any atom is 0.433 e. The molecule has 0 unspecified atom stereocenters. The van der Waals surface area contributed by atoms with Gasteiger partial charge in [-0.15, -0.1) is 0 Å². The van der Waals surface area contributed by atoms with Crippen LogP contribution in [-0.2, 0) is 19.6 Å². The van der Waals surface area contributed by atoms with Crippen LogP contribution in [0.5, 0.6) is 0 Å². The van der Waals surface area contributed by atoms with Gasteiger partial charge < -0.3 is 0 Å². The van der Waals surface area contributed by atoms with Crippen molar-refractivity contribution in [2.75, 3.05) is 0 Å². The zero-order valence-electron chi connectivity index (χ0n) is 6.81. The Morgan fingerprint density at radius 3 is 2.33 bits per heavy atom. The summed E-state index contributed by atoms with van der Waals surface area (Å²) in [5.74, 6) is 0. The molecular formula is C7H9F3N2. The summed E-state index contributed by atoms with van der Waals surface area (Å²) in [6.07, 6.45) is -3.78. The van der Waals surface area contributed by atoms with Gasteiger partial charge in [-0.05, 0) is 12.5 Å². The summed E-state index contributed by atoms with van der Waals surface area (Å²) < 4.78 is 37.3. The first kappa shape index (κ1) is 9.09. The zero-order valence-corrected chi connectivity index (χ0v) is 6.81. The second-order valence-corrected chi connectivity index (χ2v) is 2.50. The highest BCUT2D eigenvalue weighted by molar-refractivity contribution is 5.12. The van der Waals surface area contributed by atoms with Gasteiger partial charge in [-0.2, -0.15) is 18.3 Å². The first-order valence-electron chi connectivity index (χ1n) is 3.55. The Kier molecular flexibility index (Phi) is 2.12. The van der Waals surface area contributed by atoms with Gasteiger partial charge in [-0.3, -0.25) is 4.68 Å². The summed E-state index contributed by atoms with van der Waals surface area (Å²) in [5.41, 5.74) is -0.232. The predicted molar refractivity (Wildman–Crippen MR) is 37.6 cm³/mol. The van der Waals surface area contributed by atoms with Crippen molar-refractivity contribution >= 4 is 0 Å². The highest BCUT2D eigenvalue weighted by Gasteiger charge is 2.34. The number of rotatable bonds is 1. The van der Waals surface area contributed by atoms with Crippen LogP contribution in [0.15, 0.2) is 6.07 Å². The van der Waals surface area contributed by atoms with Crippen LogP contribution in [0.25, 0.3) is 0 Å². The fraction of sp³-hybridized carbons (Fsp3) is 0.571. The standard InChI is InChI=1S/C7H9F3N2/c1-3-5-4-6(7(8,9)10)12(2)11-5/h4H,3H2,1-2H3. The maximum atomic E-state index is 12.1. The van der Waals surface area contributed by atoms with Crippen LogP contribution in [0, 0.1) is 0 Å². The third-order valence-electron chi connectivity index (χ3n) is 1.58. The van der Waals surface area contributed by atoms with Gasteiger partial charge in [0.2, 0.25) is 0 Å². The summed E-state index contributed by atoms with van der Waals surface area (Å²) in [6, 6.07) is 1.07. The van der Waals surface area contributed by atoms with Crippen LogP contribution in [0.1, 0.15) is 18.3 Å². The van der Waals surface area contributed by atoms with Crippen molar-refractivity contribution in [3.63, 3.8) is 0 Å². The fourth-order valence-corrected chi connectivity index (χ4v) is 0.965. The number of nitrogens with zero attached hydrogens (tertiary/aromatic N) is 2. The largest absolute Gasteiger partial charge is 0.433 e. The molecule has 0 N–H and O–H groups in total. The molecule has 0 radical (unpaired) electrons. The van der Waals surface area contributed by atoms with Crippen molar-refractivity contribution in [1.29, 1.82) is 0 Å². The number of hydrogen-bond acceptors (Lipinski definition) is 1. The van der Waals surface area contributed by atoms with Gasteiger partial charge in [0.25, 0.3) is 0 Å². The molecule has 0 aliphatic carbocycles. The minimum atomic E-state index is -4.30. The van der Waals surface area contributed by atoms with E-state index in [4.69, 9.17) is 0 Å². The fourth-order valence-electron chi connectivity index (χ4n) is 0.965. The Morgan fingerprint density at radius 1 is 1.50 bits per heavy atom. The van der Waals surface area contributed by atoms with Crippen LogP contribution >= 0.6 is 0 Å². The van der Waals surface area contributed by atoms with E-state index in [1.807, 2.05) is 0 Å². The predicted octanol–water partition coefficient (Wildman–Crippen LogP) is 2.00. The van der Waals surface area contributed by atoms with Crippen molar-refractivity contribution in [1.82, 2.24) is 9.78 Å². The molecule has 1 heterocycles. The molecule has 0 fully saturated rings. The first-order valence-corrected chi connectivity index (χ1v) is 3.55. The average molecular weight is 178 g/mol. The van der Waals surface area contributed by atoms with Gasteiger partial charge >= 0.3 is 6.18 Å². The first-order chi connectivity index (χ1) is 5.45. The number of halogens is 3. The summed E-state index contributed by atoms with van der Waals surface area (Å²) >= 11 is 0. The molecule has 0 spiro atoms. The van der Waals surface area contributed by atoms with Gasteiger partial charge in [-0.1, -0.05) is 6.92 Å². The number of aromatic nitrogens is 2. The van der Waals surface area contributed by atoms with E-state index in [9.17, 15) is 13.2 Å². The highest BCUT2D eigenvalue weighted by Crippen LogP contribution is 2.29. The van der Waals surface area contributed by atoms with Crippen LogP contribution in [0.3, 0.4) is 0 Å². The lowest BCUT2D eigenvalue weighted by Gasteiger charge is -2.04. The van der Waals surface area contributed by atoms with Crippen LogP contribution in [-0.4, -0.2) is 9.78 Å². The van der Waals surface area contributed by atoms with E-state index < -0.39 is 11.9 Å². The molecule has 0 saturated heterocycles. The Labute approximate surface area is 68.0 Å². The smallest absolute Gasteiger partial charge is 0.263 e. The van der Waals surface area contributed by atoms with Crippen LogP contribution in [0.4, 0.5) is 13.2 Å². The van der Waals surface area contributed by atoms with Crippen LogP contribution in [0.2, 0.25) is 0 Å². The molecule has 0 saturated carbocycles. The molecule has 2 nitrogen and oxygen atoms in total. The second kappa shape index (κ2) is 2.80. The SMILES string of the molecule is CCc1cc(C(F)(F)F)n(C)n1. The van der Waals surface area contributed by atoms with Crippen LogP contribution < -0.4 is 0 Å². The third kappa shape index (κ3) is 1.60. The molecule has 0 atom stereocenters.